The summed E-state index contributed by atoms with van der Waals surface area (Å²) in [6.07, 6.45) is 4.35. The minimum atomic E-state index is -0.808. The van der Waals surface area contributed by atoms with Crippen molar-refractivity contribution >= 4 is 61.3 Å². The highest BCUT2D eigenvalue weighted by Gasteiger charge is 2.36. The first-order chi connectivity index (χ1) is 15.6. The minimum absolute atomic E-state index is 0.0244. The molecule has 2 amide bonds. The van der Waals surface area contributed by atoms with Crippen LogP contribution in [0.5, 0.6) is 5.75 Å². The Morgan fingerprint density at radius 1 is 1.21 bits per heavy atom. The van der Waals surface area contributed by atoms with Crippen LogP contribution in [0.4, 0.5) is 10.5 Å². The Labute approximate surface area is 214 Å². The largest absolute Gasteiger partial charge is 0.506 e. The number of amides is 2. The quantitative estimate of drug-likeness (QED) is 0.109. The number of aromatic hydroxyl groups is 1. The number of allylic oxidation sites excluding steroid dienone is 1. The highest BCUT2D eigenvalue weighted by Crippen LogP contribution is 2.46. The minimum Gasteiger partial charge on any atom is -0.506 e. The van der Waals surface area contributed by atoms with E-state index in [2.05, 4.69) is 37.2 Å². The van der Waals surface area contributed by atoms with Gasteiger partial charge in [-0.1, -0.05) is 35.9 Å². The maximum atomic E-state index is 12.8. The van der Waals surface area contributed by atoms with Crippen molar-refractivity contribution in [2.75, 3.05) is 11.6 Å². The summed E-state index contributed by atoms with van der Waals surface area (Å²) in [5.41, 5.74) is 1.94. The predicted molar refractivity (Wildman–Crippen MR) is 137 cm³/mol. The molecule has 0 aliphatic carbocycles. The van der Waals surface area contributed by atoms with E-state index in [0.29, 0.717) is 33.0 Å². The Morgan fingerprint density at radius 3 is 2.48 bits per heavy atom. The lowest BCUT2D eigenvalue weighted by Crippen LogP contribution is -2.29. The maximum Gasteiger partial charge on any atom is 0.412 e. The van der Waals surface area contributed by atoms with Crippen molar-refractivity contribution in [3.63, 3.8) is 0 Å². The fourth-order valence-corrected chi connectivity index (χ4v) is 4.84. The molecule has 0 aliphatic heterocycles. The molecule has 0 saturated carbocycles. The summed E-state index contributed by atoms with van der Waals surface area (Å²) in [6, 6.07) is 10.8. The molecule has 33 heavy (non-hydrogen) atoms. The van der Waals surface area contributed by atoms with Crippen LogP contribution in [0.1, 0.15) is 38.4 Å². The second-order valence-corrected chi connectivity index (χ2v) is 10.5. The molecule has 0 heterocycles. The number of halogens is 2. The number of phenols is 1. The van der Waals surface area contributed by atoms with E-state index in [1.807, 2.05) is 32.2 Å². The third-order valence-electron chi connectivity index (χ3n) is 4.95. The monoisotopic (exact) mass is 600 g/mol. The predicted octanol–water partition coefficient (Wildman–Crippen LogP) is 6.80. The van der Waals surface area contributed by atoms with Gasteiger partial charge in [0.2, 0.25) is 0 Å². The molecule has 0 saturated heterocycles. The van der Waals surface area contributed by atoms with Crippen molar-refractivity contribution in [3.8, 4) is 5.75 Å². The number of ether oxygens (including phenoxy) is 1. The number of nitrogens with one attached hydrogen (secondary N) is 2. The molecule has 2 aromatic rings. The number of hydroxylamine groups is 1. The van der Waals surface area contributed by atoms with Crippen molar-refractivity contribution < 1.29 is 24.6 Å². The molecule has 1 atom stereocenters. The molecule has 2 aromatic carbocycles. The number of thioether (sulfide) groups is 1. The Balaban J connectivity index is 2.29. The van der Waals surface area contributed by atoms with Gasteiger partial charge in [-0.25, -0.2) is 10.3 Å². The van der Waals surface area contributed by atoms with Crippen LogP contribution < -0.4 is 10.8 Å². The van der Waals surface area contributed by atoms with Crippen LogP contribution in [0.2, 0.25) is 0 Å². The van der Waals surface area contributed by atoms with Crippen molar-refractivity contribution in [1.29, 1.82) is 0 Å². The van der Waals surface area contributed by atoms with Crippen molar-refractivity contribution in [1.82, 2.24) is 5.48 Å². The fourth-order valence-electron chi connectivity index (χ4n) is 3.17. The van der Waals surface area contributed by atoms with Crippen LogP contribution >= 0.6 is 43.6 Å². The van der Waals surface area contributed by atoms with Crippen molar-refractivity contribution in [2.45, 2.75) is 37.7 Å². The van der Waals surface area contributed by atoms with Crippen LogP contribution in [-0.2, 0) is 9.53 Å². The second-order valence-electron chi connectivity index (χ2n) is 7.87. The number of benzene rings is 2. The van der Waals surface area contributed by atoms with Crippen LogP contribution in [0.15, 0.2) is 62.4 Å². The normalized spacial score (nSPS) is 12.4. The molecule has 10 heteroatoms. The van der Waals surface area contributed by atoms with Gasteiger partial charge in [0, 0.05) is 32.1 Å². The molecule has 0 aliphatic rings. The third-order valence-corrected chi connectivity index (χ3v) is 6.75. The van der Waals surface area contributed by atoms with E-state index in [9.17, 15) is 14.7 Å². The maximum absolute atomic E-state index is 12.8. The third kappa shape index (κ3) is 8.06. The van der Waals surface area contributed by atoms with E-state index >= 15 is 0 Å². The zero-order valence-electron chi connectivity index (χ0n) is 18.4. The first kappa shape index (κ1) is 27.2. The van der Waals surface area contributed by atoms with Gasteiger partial charge in [-0.05, 0) is 71.4 Å². The Kier molecular flexibility index (Phi) is 10.3. The molecule has 0 radical (unpaired) electrons. The average molecular weight is 602 g/mol. The number of carbonyl (C=O) groups excluding carboxylic acids is 2. The molecular weight excluding hydrogens is 576 g/mol. The lowest BCUT2D eigenvalue weighted by Gasteiger charge is -2.34. The summed E-state index contributed by atoms with van der Waals surface area (Å²) in [6.45, 7) is 3.82. The Hall–Kier alpha value is -2.01. The molecule has 0 fully saturated rings. The first-order valence-electron chi connectivity index (χ1n) is 9.97. The summed E-state index contributed by atoms with van der Waals surface area (Å²) in [7, 11) is 0. The zero-order valence-corrected chi connectivity index (χ0v) is 22.4. The van der Waals surface area contributed by atoms with Crippen LogP contribution in [0.25, 0.3) is 0 Å². The Morgan fingerprint density at radius 2 is 1.88 bits per heavy atom. The van der Waals surface area contributed by atoms with Gasteiger partial charge in [0.15, 0.2) is 0 Å². The average Bonchev–Trinajstić information content (AvgIpc) is 2.78. The van der Waals surface area contributed by atoms with Gasteiger partial charge in [-0.2, -0.15) is 0 Å². The highest BCUT2D eigenvalue weighted by molar-refractivity contribution is 9.11. The van der Waals surface area contributed by atoms with Crippen molar-refractivity contribution in [2.24, 2.45) is 5.41 Å². The lowest BCUT2D eigenvalue weighted by molar-refractivity contribution is -0.124. The molecule has 0 spiro atoms. The number of hydrogen-bond acceptors (Lipinski definition) is 6. The first-order valence-corrected chi connectivity index (χ1v) is 12.8. The van der Waals surface area contributed by atoms with E-state index < -0.39 is 23.5 Å². The van der Waals surface area contributed by atoms with Crippen LogP contribution in [0.3, 0.4) is 0 Å². The van der Waals surface area contributed by atoms with E-state index in [1.54, 1.807) is 42.1 Å². The van der Waals surface area contributed by atoms with E-state index in [0.717, 1.165) is 4.90 Å². The van der Waals surface area contributed by atoms with Gasteiger partial charge in [0.25, 0.3) is 5.91 Å². The fraction of sp³-hybridized carbons (Fsp3) is 0.304. The molecular formula is C23H26Br2N2O5S. The summed E-state index contributed by atoms with van der Waals surface area (Å²) >= 11 is 8.36. The second kappa shape index (κ2) is 12.5. The number of phenolic OH excluding ortho intramolecular Hbond substituents is 1. The van der Waals surface area contributed by atoms with E-state index in [1.165, 1.54) is 11.6 Å². The number of hydrogen-bond donors (Lipinski definition) is 4. The van der Waals surface area contributed by atoms with Gasteiger partial charge in [0.1, 0.15) is 11.9 Å². The molecule has 178 valence electrons. The topological polar surface area (TPSA) is 108 Å². The smallest absolute Gasteiger partial charge is 0.412 e. The van der Waals surface area contributed by atoms with Crippen LogP contribution in [-0.4, -0.2) is 28.6 Å². The van der Waals surface area contributed by atoms with Gasteiger partial charge in [0.05, 0.1) is 4.47 Å². The van der Waals surface area contributed by atoms with Gasteiger partial charge in [-0.15, -0.1) is 11.8 Å². The summed E-state index contributed by atoms with van der Waals surface area (Å²) in [4.78, 5) is 25.1. The summed E-state index contributed by atoms with van der Waals surface area (Å²) in [5, 5.41) is 22.1. The summed E-state index contributed by atoms with van der Waals surface area (Å²) < 4.78 is 7.02. The van der Waals surface area contributed by atoms with E-state index in [-0.39, 0.29) is 5.75 Å². The molecule has 0 bridgehead atoms. The number of rotatable bonds is 9. The SMILES string of the molecule is CSc1ccc(NC(=O)O[C@H](c2cc(Br)cc(Br)c2O)C(C)(C)CC/C=C/C(=O)NO)cc1. The molecule has 0 aromatic heterocycles. The van der Waals surface area contributed by atoms with Crippen LogP contribution in [0, 0.1) is 5.41 Å². The molecule has 0 unspecified atom stereocenters. The number of anilines is 1. The highest BCUT2D eigenvalue weighted by atomic mass is 79.9. The Bertz CT molecular complexity index is 1010. The van der Waals surface area contributed by atoms with Gasteiger partial charge < -0.3 is 9.84 Å². The molecule has 2 rings (SSSR count). The van der Waals surface area contributed by atoms with Gasteiger partial charge >= 0.3 is 6.09 Å². The van der Waals surface area contributed by atoms with Crippen molar-refractivity contribution in [3.05, 3.63) is 63.1 Å². The lowest BCUT2D eigenvalue weighted by atomic mass is 9.78. The van der Waals surface area contributed by atoms with E-state index in [4.69, 9.17) is 9.94 Å². The van der Waals surface area contributed by atoms with Gasteiger partial charge in [-0.3, -0.25) is 15.3 Å². The molecule has 4 N–H and O–H groups in total. The summed E-state index contributed by atoms with van der Waals surface area (Å²) in [5.74, 6) is -0.648. The zero-order chi connectivity index (χ0) is 24.6. The number of carbonyl (C=O) groups is 2. The standard InChI is InChI=1S/C23H26Br2N2O5S/c1-23(2,11-5-4-6-19(28)27-31)21(17-12-14(24)13-18(25)20(17)29)32-22(30)26-15-7-9-16(33-3)10-8-15/h4,6-10,12-13,21,29,31H,5,11H2,1-3H3,(H,26,30)(H,27,28)/b6-4+/t21-/m1/s1. The molecule has 7 nitrogen and oxygen atoms in total.